The van der Waals surface area contributed by atoms with Crippen molar-refractivity contribution in [2.45, 2.75) is 77.0 Å². The highest BCUT2D eigenvalue weighted by Gasteiger charge is 2.34. The van der Waals surface area contributed by atoms with Crippen LogP contribution in [0.3, 0.4) is 0 Å². The molecule has 3 heteroatoms. The molecule has 2 aliphatic rings. The van der Waals surface area contributed by atoms with Gasteiger partial charge in [0.1, 0.15) is 0 Å². The van der Waals surface area contributed by atoms with E-state index < -0.39 is 0 Å². The molecule has 2 rings (SSSR count). The first kappa shape index (κ1) is 15.3. The Labute approximate surface area is 119 Å². The summed E-state index contributed by atoms with van der Waals surface area (Å²) >= 11 is 0. The van der Waals surface area contributed by atoms with E-state index in [1.807, 2.05) is 0 Å². The van der Waals surface area contributed by atoms with E-state index in [0.29, 0.717) is 17.7 Å². The fourth-order valence-corrected chi connectivity index (χ4v) is 3.51. The summed E-state index contributed by atoms with van der Waals surface area (Å²) in [6.07, 6.45) is 8.12. The molecule has 112 valence electrons. The molecule has 0 aromatic carbocycles. The summed E-state index contributed by atoms with van der Waals surface area (Å²) in [5, 5.41) is 3.78. The van der Waals surface area contributed by atoms with E-state index in [9.17, 15) is 0 Å². The molecule has 0 saturated carbocycles. The third-order valence-corrected chi connectivity index (χ3v) is 5.25. The zero-order valence-electron chi connectivity index (χ0n) is 13.1. The molecular formula is C16H32N2O. The fourth-order valence-electron chi connectivity index (χ4n) is 3.51. The van der Waals surface area contributed by atoms with Crippen LogP contribution in [0.4, 0.5) is 0 Å². The van der Waals surface area contributed by atoms with Gasteiger partial charge < -0.3 is 10.1 Å². The summed E-state index contributed by atoms with van der Waals surface area (Å²) in [4.78, 5) is 2.69. The third kappa shape index (κ3) is 3.93. The van der Waals surface area contributed by atoms with Crippen LogP contribution in [0, 0.1) is 0 Å². The number of hydrogen-bond donors (Lipinski definition) is 1. The Morgan fingerprint density at radius 3 is 2.74 bits per heavy atom. The Balaban J connectivity index is 1.76. The molecule has 0 aromatic heterocycles. The van der Waals surface area contributed by atoms with Crippen molar-refractivity contribution in [2.75, 3.05) is 26.2 Å². The molecule has 2 fully saturated rings. The second-order valence-corrected chi connectivity index (χ2v) is 6.47. The van der Waals surface area contributed by atoms with Gasteiger partial charge in [0.25, 0.3) is 0 Å². The van der Waals surface area contributed by atoms with E-state index >= 15 is 0 Å². The standard InChI is InChI=1S/C16H32N2O/c1-4-16(5-2)13-18(14(3)12-17-16)10-6-8-15-9-7-11-19-15/h14-15,17H,4-13H2,1-3H3. The number of piperazine rings is 1. The fraction of sp³-hybridized carbons (Fsp3) is 1.00. The Morgan fingerprint density at radius 2 is 2.11 bits per heavy atom. The van der Waals surface area contributed by atoms with E-state index in [-0.39, 0.29) is 0 Å². The summed E-state index contributed by atoms with van der Waals surface area (Å²) < 4.78 is 5.72. The molecule has 19 heavy (non-hydrogen) atoms. The van der Waals surface area contributed by atoms with Crippen molar-refractivity contribution >= 4 is 0 Å². The maximum Gasteiger partial charge on any atom is 0.0576 e. The quantitative estimate of drug-likeness (QED) is 0.801. The largest absolute Gasteiger partial charge is 0.378 e. The maximum absolute atomic E-state index is 5.72. The van der Waals surface area contributed by atoms with Crippen molar-refractivity contribution in [2.24, 2.45) is 0 Å². The molecule has 2 unspecified atom stereocenters. The van der Waals surface area contributed by atoms with Crippen LogP contribution in [0.2, 0.25) is 0 Å². The van der Waals surface area contributed by atoms with Crippen molar-refractivity contribution < 1.29 is 4.74 Å². The van der Waals surface area contributed by atoms with Gasteiger partial charge in [0.2, 0.25) is 0 Å². The highest BCUT2D eigenvalue weighted by molar-refractivity contribution is 4.95. The second kappa shape index (κ2) is 7.05. The van der Waals surface area contributed by atoms with Gasteiger partial charge in [0.05, 0.1) is 6.10 Å². The molecule has 3 nitrogen and oxygen atoms in total. The van der Waals surface area contributed by atoms with E-state index in [2.05, 4.69) is 31.0 Å². The van der Waals surface area contributed by atoms with Gasteiger partial charge in [-0.2, -0.15) is 0 Å². The molecule has 0 aromatic rings. The average Bonchev–Trinajstić information content (AvgIpc) is 2.94. The molecule has 0 radical (unpaired) electrons. The lowest BCUT2D eigenvalue weighted by molar-refractivity contribution is 0.0672. The van der Waals surface area contributed by atoms with Gasteiger partial charge >= 0.3 is 0 Å². The number of rotatable bonds is 6. The van der Waals surface area contributed by atoms with Crippen molar-refractivity contribution in [1.82, 2.24) is 10.2 Å². The van der Waals surface area contributed by atoms with Crippen LogP contribution < -0.4 is 5.32 Å². The van der Waals surface area contributed by atoms with Crippen LogP contribution in [-0.2, 0) is 4.74 Å². The minimum Gasteiger partial charge on any atom is -0.378 e. The van der Waals surface area contributed by atoms with Crippen molar-refractivity contribution in [3.63, 3.8) is 0 Å². The molecule has 2 heterocycles. The highest BCUT2D eigenvalue weighted by Crippen LogP contribution is 2.23. The first-order valence-electron chi connectivity index (χ1n) is 8.30. The van der Waals surface area contributed by atoms with Gasteiger partial charge in [-0.25, -0.2) is 0 Å². The lowest BCUT2D eigenvalue weighted by Gasteiger charge is -2.46. The van der Waals surface area contributed by atoms with E-state index in [0.717, 1.165) is 13.2 Å². The number of nitrogens with zero attached hydrogens (tertiary/aromatic N) is 1. The Morgan fingerprint density at radius 1 is 1.32 bits per heavy atom. The summed E-state index contributed by atoms with van der Waals surface area (Å²) in [7, 11) is 0. The van der Waals surface area contributed by atoms with Gasteiger partial charge in [-0.3, -0.25) is 4.90 Å². The molecule has 2 atom stereocenters. The second-order valence-electron chi connectivity index (χ2n) is 6.47. The summed E-state index contributed by atoms with van der Waals surface area (Å²) in [5.41, 5.74) is 0.358. The Bertz CT molecular complexity index is 259. The Kier molecular flexibility index (Phi) is 5.67. The summed E-state index contributed by atoms with van der Waals surface area (Å²) in [6, 6.07) is 0.677. The van der Waals surface area contributed by atoms with Gasteiger partial charge in [0.15, 0.2) is 0 Å². The zero-order valence-corrected chi connectivity index (χ0v) is 13.1. The van der Waals surface area contributed by atoms with Crippen LogP contribution >= 0.6 is 0 Å². The molecule has 0 bridgehead atoms. The predicted molar refractivity (Wildman–Crippen MR) is 80.6 cm³/mol. The molecule has 2 saturated heterocycles. The SMILES string of the molecule is CCC1(CC)CN(CCCC2CCCO2)C(C)CN1. The lowest BCUT2D eigenvalue weighted by Crippen LogP contribution is -2.63. The molecule has 0 aliphatic carbocycles. The molecule has 1 N–H and O–H groups in total. The minimum atomic E-state index is 0.358. The molecule has 0 spiro atoms. The van der Waals surface area contributed by atoms with Gasteiger partial charge in [-0.15, -0.1) is 0 Å². The summed E-state index contributed by atoms with van der Waals surface area (Å²) in [5.74, 6) is 0. The van der Waals surface area contributed by atoms with Crippen LogP contribution in [0.25, 0.3) is 0 Å². The molecule has 2 aliphatic heterocycles. The monoisotopic (exact) mass is 268 g/mol. The number of hydrogen-bond acceptors (Lipinski definition) is 3. The van der Waals surface area contributed by atoms with Crippen LogP contribution in [-0.4, -0.2) is 48.8 Å². The van der Waals surface area contributed by atoms with Gasteiger partial charge in [0, 0.05) is 31.3 Å². The Hall–Kier alpha value is -0.120. The van der Waals surface area contributed by atoms with E-state index in [1.54, 1.807) is 0 Å². The maximum atomic E-state index is 5.72. The number of ether oxygens (including phenoxy) is 1. The topological polar surface area (TPSA) is 24.5 Å². The van der Waals surface area contributed by atoms with E-state index in [1.165, 1.54) is 51.6 Å². The normalized spacial score (nSPS) is 31.7. The molecule has 0 amide bonds. The first-order valence-corrected chi connectivity index (χ1v) is 8.30. The smallest absolute Gasteiger partial charge is 0.0576 e. The van der Waals surface area contributed by atoms with Crippen LogP contribution in [0.1, 0.15) is 59.3 Å². The number of nitrogens with one attached hydrogen (secondary N) is 1. The average molecular weight is 268 g/mol. The van der Waals surface area contributed by atoms with E-state index in [4.69, 9.17) is 4.74 Å². The van der Waals surface area contributed by atoms with Crippen LogP contribution in [0.5, 0.6) is 0 Å². The minimum absolute atomic E-state index is 0.358. The third-order valence-electron chi connectivity index (χ3n) is 5.25. The van der Waals surface area contributed by atoms with Crippen molar-refractivity contribution in [3.05, 3.63) is 0 Å². The first-order chi connectivity index (χ1) is 9.19. The highest BCUT2D eigenvalue weighted by atomic mass is 16.5. The predicted octanol–water partition coefficient (Wildman–Crippen LogP) is 2.80. The lowest BCUT2D eigenvalue weighted by atomic mass is 9.88. The van der Waals surface area contributed by atoms with Crippen LogP contribution in [0.15, 0.2) is 0 Å². The van der Waals surface area contributed by atoms with Gasteiger partial charge in [-0.1, -0.05) is 13.8 Å². The van der Waals surface area contributed by atoms with Crippen molar-refractivity contribution in [3.8, 4) is 0 Å². The van der Waals surface area contributed by atoms with Crippen molar-refractivity contribution in [1.29, 1.82) is 0 Å². The zero-order chi connectivity index (χ0) is 13.7. The van der Waals surface area contributed by atoms with Gasteiger partial charge in [-0.05, 0) is 52.0 Å². The molecular weight excluding hydrogens is 236 g/mol. The summed E-state index contributed by atoms with van der Waals surface area (Å²) in [6.45, 7) is 11.6.